The zero-order valence-corrected chi connectivity index (χ0v) is 10.6. The number of carbonyl (C=O) groups excluding carboxylic acids is 1. The van der Waals surface area contributed by atoms with Crippen molar-refractivity contribution in [3.05, 3.63) is 29.8 Å². The lowest BCUT2D eigenvalue weighted by Crippen LogP contribution is -2.39. The third kappa shape index (κ3) is 3.52. The summed E-state index contributed by atoms with van der Waals surface area (Å²) >= 11 is 0. The van der Waals surface area contributed by atoms with Gasteiger partial charge in [-0.1, -0.05) is 17.3 Å². The van der Waals surface area contributed by atoms with Crippen LogP contribution in [0.5, 0.6) is 0 Å². The molecule has 6 heteroatoms. The zero-order valence-electron chi connectivity index (χ0n) is 10.6. The molecule has 1 aliphatic heterocycles. The SMILES string of the molecule is CC(=NO)c1cccc(NC(=O)C2COCCO2)c1. The van der Waals surface area contributed by atoms with Crippen LogP contribution in [0.3, 0.4) is 0 Å². The summed E-state index contributed by atoms with van der Waals surface area (Å²) in [7, 11) is 0. The maximum atomic E-state index is 11.9. The van der Waals surface area contributed by atoms with Crippen molar-refractivity contribution in [1.82, 2.24) is 0 Å². The van der Waals surface area contributed by atoms with Gasteiger partial charge >= 0.3 is 0 Å². The Hall–Kier alpha value is -1.92. The third-order valence-electron chi connectivity index (χ3n) is 2.81. The Morgan fingerprint density at radius 2 is 2.32 bits per heavy atom. The molecule has 6 nitrogen and oxygen atoms in total. The van der Waals surface area contributed by atoms with Crippen LogP contribution in [-0.4, -0.2) is 42.8 Å². The van der Waals surface area contributed by atoms with E-state index in [1.165, 1.54) is 0 Å². The standard InChI is InChI=1S/C13H16N2O4/c1-9(15-17)10-3-2-4-11(7-10)14-13(16)12-8-18-5-6-19-12/h2-4,7,12,17H,5-6,8H2,1H3,(H,14,16). The number of nitrogens with one attached hydrogen (secondary N) is 1. The second kappa shape index (κ2) is 6.31. The molecule has 1 fully saturated rings. The Labute approximate surface area is 111 Å². The molecule has 1 saturated heterocycles. The summed E-state index contributed by atoms with van der Waals surface area (Å²) < 4.78 is 10.5. The Kier molecular flexibility index (Phi) is 4.48. The molecule has 0 bridgehead atoms. The third-order valence-corrected chi connectivity index (χ3v) is 2.81. The minimum atomic E-state index is -0.579. The van der Waals surface area contributed by atoms with E-state index >= 15 is 0 Å². The predicted octanol–water partition coefficient (Wildman–Crippen LogP) is 1.24. The molecule has 2 rings (SSSR count). The van der Waals surface area contributed by atoms with E-state index in [-0.39, 0.29) is 12.5 Å². The second-order valence-corrected chi connectivity index (χ2v) is 4.19. The van der Waals surface area contributed by atoms with E-state index in [1.54, 1.807) is 31.2 Å². The molecular formula is C13H16N2O4. The number of carbonyl (C=O) groups is 1. The summed E-state index contributed by atoms with van der Waals surface area (Å²) in [5.74, 6) is -0.240. The average molecular weight is 264 g/mol. The first kappa shape index (κ1) is 13.5. The average Bonchev–Trinajstić information content (AvgIpc) is 2.47. The van der Waals surface area contributed by atoms with Gasteiger partial charge in [0.2, 0.25) is 0 Å². The molecule has 0 aromatic heterocycles. The molecule has 2 N–H and O–H groups in total. The van der Waals surface area contributed by atoms with Crippen LogP contribution < -0.4 is 5.32 Å². The number of hydrogen-bond acceptors (Lipinski definition) is 5. The maximum absolute atomic E-state index is 11.9. The molecule has 0 saturated carbocycles. The molecule has 0 aliphatic carbocycles. The van der Waals surface area contributed by atoms with Gasteiger partial charge in [0.05, 0.1) is 25.5 Å². The number of ether oxygens (including phenoxy) is 2. The Balaban J connectivity index is 2.04. The highest BCUT2D eigenvalue weighted by molar-refractivity contribution is 6.00. The van der Waals surface area contributed by atoms with E-state index in [9.17, 15) is 4.79 Å². The number of anilines is 1. The molecule has 1 atom stereocenters. The van der Waals surface area contributed by atoms with Crippen molar-refractivity contribution in [2.75, 3.05) is 25.1 Å². The lowest BCUT2D eigenvalue weighted by atomic mass is 10.1. The van der Waals surface area contributed by atoms with Gasteiger partial charge in [0.25, 0.3) is 5.91 Å². The van der Waals surface area contributed by atoms with Crippen molar-refractivity contribution in [2.45, 2.75) is 13.0 Å². The molecule has 0 radical (unpaired) electrons. The molecule has 1 amide bonds. The van der Waals surface area contributed by atoms with Crippen LogP contribution in [0.4, 0.5) is 5.69 Å². The summed E-state index contributed by atoms with van der Waals surface area (Å²) in [6.45, 7) is 2.89. The topological polar surface area (TPSA) is 80.2 Å². The summed E-state index contributed by atoms with van der Waals surface area (Å²) in [6, 6.07) is 7.06. The molecule has 0 spiro atoms. The minimum absolute atomic E-state index is 0.240. The van der Waals surface area contributed by atoms with Gasteiger partial charge in [-0.3, -0.25) is 4.79 Å². The van der Waals surface area contributed by atoms with Crippen molar-refractivity contribution >= 4 is 17.3 Å². The Morgan fingerprint density at radius 1 is 1.47 bits per heavy atom. The number of benzene rings is 1. The van der Waals surface area contributed by atoms with E-state index in [0.717, 1.165) is 5.56 Å². The van der Waals surface area contributed by atoms with Gasteiger partial charge < -0.3 is 20.0 Å². The van der Waals surface area contributed by atoms with Crippen molar-refractivity contribution in [3.63, 3.8) is 0 Å². The number of amides is 1. The lowest BCUT2D eigenvalue weighted by Gasteiger charge is -2.22. The van der Waals surface area contributed by atoms with Crippen LogP contribution in [0.15, 0.2) is 29.4 Å². The molecule has 1 aromatic carbocycles. The number of nitrogens with zero attached hydrogens (tertiary/aromatic N) is 1. The van der Waals surface area contributed by atoms with Gasteiger partial charge in [0, 0.05) is 11.3 Å². The fourth-order valence-corrected chi connectivity index (χ4v) is 1.74. The maximum Gasteiger partial charge on any atom is 0.255 e. The van der Waals surface area contributed by atoms with Crippen LogP contribution in [0.25, 0.3) is 0 Å². The summed E-state index contributed by atoms with van der Waals surface area (Å²) in [6.07, 6.45) is -0.579. The van der Waals surface area contributed by atoms with Crippen LogP contribution in [0, 0.1) is 0 Å². The van der Waals surface area contributed by atoms with E-state index in [4.69, 9.17) is 14.7 Å². The first-order valence-corrected chi connectivity index (χ1v) is 6.00. The van der Waals surface area contributed by atoms with Gasteiger partial charge in [-0.15, -0.1) is 0 Å². The fourth-order valence-electron chi connectivity index (χ4n) is 1.74. The van der Waals surface area contributed by atoms with Gasteiger partial charge in [0.15, 0.2) is 6.10 Å². The van der Waals surface area contributed by atoms with Crippen LogP contribution in [-0.2, 0) is 14.3 Å². The van der Waals surface area contributed by atoms with Gasteiger partial charge in [-0.2, -0.15) is 0 Å². The van der Waals surface area contributed by atoms with Crippen molar-refractivity contribution < 1.29 is 19.5 Å². The number of hydrogen-bond donors (Lipinski definition) is 2. The molecular weight excluding hydrogens is 248 g/mol. The molecule has 19 heavy (non-hydrogen) atoms. The molecule has 102 valence electrons. The highest BCUT2D eigenvalue weighted by atomic mass is 16.6. The Bertz CT molecular complexity index is 481. The lowest BCUT2D eigenvalue weighted by molar-refractivity contribution is -0.142. The largest absolute Gasteiger partial charge is 0.411 e. The first-order chi connectivity index (χ1) is 9.20. The molecule has 1 aliphatic rings. The van der Waals surface area contributed by atoms with Crippen molar-refractivity contribution in [3.8, 4) is 0 Å². The summed E-state index contributed by atoms with van der Waals surface area (Å²) in [4.78, 5) is 11.9. The minimum Gasteiger partial charge on any atom is -0.411 e. The highest BCUT2D eigenvalue weighted by Gasteiger charge is 2.22. The van der Waals surface area contributed by atoms with Crippen molar-refractivity contribution in [2.24, 2.45) is 5.16 Å². The molecule has 1 heterocycles. The number of rotatable bonds is 3. The van der Waals surface area contributed by atoms with Crippen LogP contribution >= 0.6 is 0 Å². The molecule has 1 unspecified atom stereocenters. The predicted molar refractivity (Wildman–Crippen MR) is 69.6 cm³/mol. The Morgan fingerprint density at radius 3 is 3.00 bits per heavy atom. The van der Waals surface area contributed by atoms with E-state index < -0.39 is 6.10 Å². The van der Waals surface area contributed by atoms with E-state index in [0.29, 0.717) is 24.6 Å². The van der Waals surface area contributed by atoms with Crippen LogP contribution in [0.2, 0.25) is 0 Å². The second-order valence-electron chi connectivity index (χ2n) is 4.19. The normalized spacial score (nSPS) is 20.1. The fraction of sp³-hybridized carbons (Fsp3) is 0.385. The zero-order chi connectivity index (χ0) is 13.7. The smallest absolute Gasteiger partial charge is 0.255 e. The van der Waals surface area contributed by atoms with Gasteiger partial charge in [-0.25, -0.2) is 0 Å². The first-order valence-electron chi connectivity index (χ1n) is 6.00. The summed E-state index contributed by atoms with van der Waals surface area (Å²) in [5, 5.41) is 14.6. The van der Waals surface area contributed by atoms with Gasteiger partial charge in [0.1, 0.15) is 0 Å². The van der Waals surface area contributed by atoms with Gasteiger partial charge in [-0.05, 0) is 19.1 Å². The van der Waals surface area contributed by atoms with E-state index in [1.807, 2.05) is 0 Å². The quantitative estimate of drug-likeness (QED) is 0.489. The van der Waals surface area contributed by atoms with E-state index in [2.05, 4.69) is 10.5 Å². The molecule has 1 aromatic rings. The van der Waals surface area contributed by atoms with Crippen molar-refractivity contribution in [1.29, 1.82) is 0 Å². The summed E-state index contributed by atoms with van der Waals surface area (Å²) in [5.41, 5.74) is 1.84. The monoisotopic (exact) mass is 264 g/mol. The van der Waals surface area contributed by atoms with Crippen LogP contribution in [0.1, 0.15) is 12.5 Å². The highest BCUT2D eigenvalue weighted by Crippen LogP contribution is 2.13. The number of oxime groups is 1.